The zero-order chi connectivity index (χ0) is 15.2. The number of hydrogen-bond acceptors (Lipinski definition) is 2. The fourth-order valence-corrected chi connectivity index (χ4v) is 2.00. The Labute approximate surface area is 121 Å². The second-order valence-corrected chi connectivity index (χ2v) is 4.67. The summed E-state index contributed by atoms with van der Waals surface area (Å²) in [5.41, 5.74) is 0.694. The molecule has 3 nitrogen and oxygen atoms in total. The molecule has 0 saturated heterocycles. The van der Waals surface area contributed by atoms with Crippen LogP contribution in [0.1, 0.15) is 15.9 Å². The molecule has 0 aliphatic rings. The number of benzene rings is 2. The van der Waals surface area contributed by atoms with E-state index in [1.54, 1.807) is 0 Å². The van der Waals surface area contributed by atoms with Crippen LogP contribution in [-0.2, 0) is 6.42 Å². The summed E-state index contributed by atoms with van der Waals surface area (Å²) in [4.78, 5) is 12.0. The molecule has 1 atom stereocenters. The van der Waals surface area contributed by atoms with Crippen molar-refractivity contribution in [2.24, 2.45) is 0 Å². The van der Waals surface area contributed by atoms with Crippen LogP contribution in [0.3, 0.4) is 0 Å². The highest BCUT2D eigenvalue weighted by Gasteiger charge is 2.17. The number of hydrogen-bond donors (Lipinski definition) is 2. The van der Waals surface area contributed by atoms with Crippen molar-refractivity contribution in [3.8, 4) is 0 Å². The van der Waals surface area contributed by atoms with Gasteiger partial charge in [0.1, 0.15) is 11.6 Å². The molecule has 0 aliphatic heterocycles. The molecule has 0 saturated carbocycles. The Balaban J connectivity index is 2.06. The van der Waals surface area contributed by atoms with Crippen molar-refractivity contribution >= 4 is 5.91 Å². The molecule has 5 heteroatoms. The van der Waals surface area contributed by atoms with E-state index in [2.05, 4.69) is 5.32 Å². The standard InChI is InChI=1S/C16H15F2NO2/c17-12-6-7-14(15(18)9-12)16(21)19-13(10-20)8-11-4-2-1-3-5-11/h1-7,9,13,20H,8,10H2,(H,19,21)/t13-/m1/s1. The third kappa shape index (κ3) is 4.10. The smallest absolute Gasteiger partial charge is 0.254 e. The number of carbonyl (C=O) groups excluding carboxylic acids is 1. The van der Waals surface area contributed by atoms with Gasteiger partial charge in [-0.2, -0.15) is 0 Å². The van der Waals surface area contributed by atoms with Gasteiger partial charge in [-0.3, -0.25) is 4.79 Å². The van der Waals surface area contributed by atoms with Crippen molar-refractivity contribution in [1.29, 1.82) is 0 Å². The van der Waals surface area contributed by atoms with Crippen molar-refractivity contribution in [3.63, 3.8) is 0 Å². The van der Waals surface area contributed by atoms with Crippen LogP contribution >= 0.6 is 0 Å². The van der Waals surface area contributed by atoms with Gasteiger partial charge in [-0.25, -0.2) is 8.78 Å². The van der Waals surface area contributed by atoms with Gasteiger partial charge in [0.15, 0.2) is 0 Å². The molecule has 0 heterocycles. The second-order valence-electron chi connectivity index (χ2n) is 4.67. The molecule has 2 aromatic carbocycles. The number of nitrogens with one attached hydrogen (secondary N) is 1. The lowest BCUT2D eigenvalue weighted by Gasteiger charge is -2.16. The molecule has 2 rings (SSSR count). The summed E-state index contributed by atoms with van der Waals surface area (Å²) in [5, 5.41) is 11.9. The maximum absolute atomic E-state index is 13.5. The molecule has 21 heavy (non-hydrogen) atoms. The lowest BCUT2D eigenvalue weighted by molar-refractivity contribution is 0.0912. The van der Waals surface area contributed by atoms with Crippen LogP contribution in [0.4, 0.5) is 8.78 Å². The molecule has 0 aliphatic carbocycles. The molecule has 110 valence electrons. The zero-order valence-electron chi connectivity index (χ0n) is 11.2. The first-order chi connectivity index (χ1) is 10.1. The van der Waals surface area contributed by atoms with E-state index >= 15 is 0 Å². The largest absolute Gasteiger partial charge is 0.394 e. The first-order valence-corrected chi connectivity index (χ1v) is 6.51. The maximum Gasteiger partial charge on any atom is 0.254 e. The number of amides is 1. The highest BCUT2D eigenvalue weighted by Crippen LogP contribution is 2.10. The SMILES string of the molecule is O=C(N[C@@H](CO)Cc1ccccc1)c1ccc(F)cc1F. The van der Waals surface area contributed by atoms with Crippen LogP contribution in [0, 0.1) is 11.6 Å². The van der Waals surface area contributed by atoms with Gasteiger partial charge in [0.25, 0.3) is 5.91 Å². The van der Waals surface area contributed by atoms with Crippen molar-refractivity contribution in [2.45, 2.75) is 12.5 Å². The molecular weight excluding hydrogens is 276 g/mol. The number of carbonyl (C=O) groups is 1. The monoisotopic (exact) mass is 291 g/mol. The lowest BCUT2D eigenvalue weighted by Crippen LogP contribution is -2.39. The van der Waals surface area contributed by atoms with Gasteiger partial charge >= 0.3 is 0 Å². The zero-order valence-corrected chi connectivity index (χ0v) is 11.2. The van der Waals surface area contributed by atoms with Crippen molar-refractivity contribution in [1.82, 2.24) is 5.32 Å². The van der Waals surface area contributed by atoms with E-state index in [1.165, 1.54) is 0 Å². The third-order valence-corrected chi connectivity index (χ3v) is 3.06. The maximum atomic E-state index is 13.5. The van der Waals surface area contributed by atoms with E-state index < -0.39 is 23.6 Å². The van der Waals surface area contributed by atoms with Gasteiger partial charge in [0.2, 0.25) is 0 Å². The van der Waals surface area contributed by atoms with Crippen LogP contribution in [0.5, 0.6) is 0 Å². The fraction of sp³-hybridized carbons (Fsp3) is 0.188. The summed E-state index contributed by atoms with van der Waals surface area (Å²) in [7, 11) is 0. The highest BCUT2D eigenvalue weighted by molar-refractivity contribution is 5.94. The first kappa shape index (κ1) is 15.1. The van der Waals surface area contributed by atoms with Gasteiger partial charge in [-0.1, -0.05) is 30.3 Å². The minimum Gasteiger partial charge on any atom is -0.394 e. The molecule has 0 fully saturated rings. The van der Waals surface area contributed by atoms with Crippen LogP contribution in [0.25, 0.3) is 0 Å². The number of aliphatic hydroxyl groups is 1. The summed E-state index contributed by atoms with van der Waals surface area (Å²) in [6.45, 7) is -0.274. The Bertz CT molecular complexity index is 617. The summed E-state index contributed by atoms with van der Waals surface area (Å²) in [5.74, 6) is -2.35. The van der Waals surface area contributed by atoms with E-state index in [-0.39, 0.29) is 12.2 Å². The van der Waals surface area contributed by atoms with Crippen molar-refractivity contribution < 1.29 is 18.7 Å². The minimum absolute atomic E-state index is 0.247. The van der Waals surface area contributed by atoms with Crippen molar-refractivity contribution in [3.05, 3.63) is 71.3 Å². The molecule has 0 unspecified atom stereocenters. The summed E-state index contributed by atoms with van der Waals surface area (Å²) in [6.07, 6.45) is 0.423. The molecule has 0 spiro atoms. The van der Waals surface area contributed by atoms with Gasteiger partial charge in [-0.05, 0) is 24.1 Å². The fourth-order valence-electron chi connectivity index (χ4n) is 2.00. The summed E-state index contributed by atoms with van der Waals surface area (Å²) < 4.78 is 26.3. The normalized spacial score (nSPS) is 12.0. The number of halogens is 2. The highest BCUT2D eigenvalue weighted by atomic mass is 19.1. The van der Waals surface area contributed by atoms with Crippen LogP contribution < -0.4 is 5.32 Å². The molecule has 0 aromatic heterocycles. The molecule has 1 amide bonds. The average molecular weight is 291 g/mol. The first-order valence-electron chi connectivity index (χ1n) is 6.51. The summed E-state index contributed by atoms with van der Waals surface area (Å²) >= 11 is 0. The van der Waals surface area contributed by atoms with E-state index in [4.69, 9.17) is 0 Å². The lowest BCUT2D eigenvalue weighted by atomic mass is 10.1. The molecule has 0 bridgehead atoms. The minimum atomic E-state index is -0.927. The summed E-state index contributed by atoms with van der Waals surface area (Å²) in [6, 6.07) is 11.5. The van der Waals surface area contributed by atoms with Crippen LogP contribution in [0.15, 0.2) is 48.5 Å². The quantitative estimate of drug-likeness (QED) is 0.888. The topological polar surface area (TPSA) is 49.3 Å². The Hall–Kier alpha value is -2.27. The Morgan fingerprint density at radius 2 is 1.86 bits per heavy atom. The van der Waals surface area contributed by atoms with Gasteiger partial charge in [0.05, 0.1) is 18.2 Å². The second kappa shape index (κ2) is 6.95. The van der Waals surface area contributed by atoms with Crippen molar-refractivity contribution in [2.75, 3.05) is 6.61 Å². The molecule has 0 radical (unpaired) electrons. The third-order valence-electron chi connectivity index (χ3n) is 3.06. The predicted molar refractivity (Wildman–Crippen MR) is 74.8 cm³/mol. The van der Waals surface area contributed by atoms with E-state index in [9.17, 15) is 18.7 Å². The molecule has 2 N–H and O–H groups in total. The van der Waals surface area contributed by atoms with E-state index in [1.807, 2.05) is 30.3 Å². The Kier molecular flexibility index (Phi) is 5.00. The molecule has 2 aromatic rings. The number of rotatable bonds is 5. The van der Waals surface area contributed by atoms with E-state index in [0.29, 0.717) is 12.5 Å². The van der Waals surface area contributed by atoms with Crippen LogP contribution in [-0.4, -0.2) is 23.7 Å². The van der Waals surface area contributed by atoms with E-state index in [0.717, 1.165) is 17.7 Å². The molecular formula is C16H15F2NO2. The average Bonchev–Trinajstić information content (AvgIpc) is 2.47. The van der Waals surface area contributed by atoms with Crippen LogP contribution in [0.2, 0.25) is 0 Å². The van der Waals surface area contributed by atoms with Gasteiger partial charge in [0, 0.05) is 6.07 Å². The predicted octanol–water partition coefficient (Wildman–Crippen LogP) is 2.30. The Morgan fingerprint density at radius 1 is 1.14 bits per heavy atom. The van der Waals surface area contributed by atoms with Gasteiger partial charge < -0.3 is 10.4 Å². The Morgan fingerprint density at radius 3 is 2.48 bits per heavy atom. The van der Waals surface area contributed by atoms with Gasteiger partial charge in [-0.15, -0.1) is 0 Å². The number of aliphatic hydroxyl groups excluding tert-OH is 1.